The molecule has 0 saturated carbocycles. The molecule has 176 valence electrons. The highest BCUT2D eigenvalue weighted by atomic mass is 32.2. The summed E-state index contributed by atoms with van der Waals surface area (Å²) in [7, 11) is -3.99. The summed E-state index contributed by atoms with van der Waals surface area (Å²) in [4.78, 5) is -0.282. The summed E-state index contributed by atoms with van der Waals surface area (Å²) >= 11 is 0. The largest absolute Gasteiger partial charge is 0.493 e. The Morgan fingerprint density at radius 1 is 1.06 bits per heavy atom. The minimum absolute atomic E-state index is 0.0677. The summed E-state index contributed by atoms with van der Waals surface area (Å²) in [6.45, 7) is 4.63. The maximum Gasteiger partial charge on any atom is 0.216 e. The molecule has 0 spiro atoms. The van der Waals surface area contributed by atoms with Gasteiger partial charge in [0.25, 0.3) is 0 Å². The van der Waals surface area contributed by atoms with E-state index >= 15 is 0 Å². The highest BCUT2D eigenvalue weighted by Crippen LogP contribution is 2.31. The number of allylic oxidation sites excluding steroid dienone is 1. The number of nitrogens with zero attached hydrogens (tertiary/aromatic N) is 3. The second-order valence-electron chi connectivity index (χ2n) is 7.98. The average Bonchev–Trinajstić information content (AvgIpc) is 3.31. The van der Waals surface area contributed by atoms with E-state index in [1.54, 1.807) is 29.1 Å². The first-order valence-corrected chi connectivity index (χ1v) is 12.7. The predicted molar refractivity (Wildman–Crippen MR) is 137 cm³/mol. The number of aryl methyl sites for hydroxylation is 1. The molecular formula is C28H25N3O3S. The van der Waals surface area contributed by atoms with Gasteiger partial charge in [-0.15, -0.1) is 0 Å². The molecule has 35 heavy (non-hydrogen) atoms. The van der Waals surface area contributed by atoms with Crippen LogP contribution in [0.1, 0.15) is 24.5 Å². The van der Waals surface area contributed by atoms with Crippen LogP contribution < -0.4 is 4.74 Å². The minimum Gasteiger partial charge on any atom is -0.493 e. The Bertz CT molecular complexity index is 1500. The molecule has 0 aliphatic carbocycles. The van der Waals surface area contributed by atoms with Crippen LogP contribution >= 0.6 is 0 Å². The van der Waals surface area contributed by atoms with Gasteiger partial charge in [0.1, 0.15) is 22.4 Å². The number of benzene rings is 3. The molecule has 1 heterocycles. The van der Waals surface area contributed by atoms with Crippen LogP contribution in [0.4, 0.5) is 0 Å². The van der Waals surface area contributed by atoms with Gasteiger partial charge in [0.05, 0.1) is 17.2 Å². The Morgan fingerprint density at radius 3 is 2.37 bits per heavy atom. The summed E-state index contributed by atoms with van der Waals surface area (Å²) in [5.74, 6) is 0.791. The van der Waals surface area contributed by atoms with E-state index in [2.05, 4.69) is 6.92 Å². The zero-order valence-electron chi connectivity index (χ0n) is 19.5. The molecule has 0 saturated heterocycles. The number of rotatable bonds is 8. The van der Waals surface area contributed by atoms with Crippen molar-refractivity contribution in [1.29, 1.82) is 5.26 Å². The monoisotopic (exact) mass is 483 g/mol. The maximum absolute atomic E-state index is 13.2. The van der Waals surface area contributed by atoms with Gasteiger partial charge in [-0.25, -0.2) is 13.1 Å². The van der Waals surface area contributed by atoms with Crippen LogP contribution in [0.15, 0.2) is 94.9 Å². The lowest BCUT2D eigenvalue weighted by atomic mass is 10.0. The van der Waals surface area contributed by atoms with Crippen molar-refractivity contribution in [3.05, 3.63) is 101 Å². The number of para-hydroxylation sites is 1. The smallest absolute Gasteiger partial charge is 0.216 e. The molecule has 0 unspecified atom stereocenters. The van der Waals surface area contributed by atoms with E-state index in [0.717, 1.165) is 29.0 Å². The maximum atomic E-state index is 13.2. The van der Waals surface area contributed by atoms with Crippen molar-refractivity contribution in [3.63, 3.8) is 0 Å². The molecular weight excluding hydrogens is 458 g/mol. The van der Waals surface area contributed by atoms with Gasteiger partial charge in [0, 0.05) is 17.3 Å². The topological polar surface area (TPSA) is 85.0 Å². The summed E-state index contributed by atoms with van der Waals surface area (Å²) in [5.41, 5.74) is 3.64. The lowest BCUT2D eigenvalue weighted by molar-refractivity contribution is 0.315. The van der Waals surface area contributed by atoms with Crippen molar-refractivity contribution in [1.82, 2.24) is 9.78 Å². The molecule has 0 atom stereocenters. The van der Waals surface area contributed by atoms with E-state index in [1.165, 1.54) is 18.2 Å². The Labute approximate surface area is 205 Å². The molecule has 6 nitrogen and oxygen atoms in total. The third-order valence-electron chi connectivity index (χ3n) is 5.41. The first-order chi connectivity index (χ1) is 16.9. The predicted octanol–water partition coefficient (Wildman–Crippen LogP) is 5.97. The highest BCUT2D eigenvalue weighted by molar-refractivity contribution is 7.95. The summed E-state index contributed by atoms with van der Waals surface area (Å²) < 4.78 is 33.8. The van der Waals surface area contributed by atoms with Crippen LogP contribution in [0.5, 0.6) is 5.75 Å². The summed E-state index contributed by atoms with van der Waals surface area (Å²) in [6, 6.07) is 25.1. The number of ether oxygens (including phenoxy) is 1. The molecule has 4 aromatic rings. The van der Waals surface area contributed by atoms with Gasteiger partial charge < -0.3 is 4.74 Å². The third kappa shape index (κ3) is 5.18. The standard InChI is InChI=1S/C28H25N3O3S/c1-3-16-34-27-15-14-22(17-21(27)2)28-23(20-31(30-28)24-10-6-4-7-11-24)18-26(19-29)35(32,33)25-12-8-5-9-13-25/h4-15,17-18,20H,3,16H2,1-2H3/b26-18+. The quantitative estimate of drug-likeness (QED) is 0.288. The number of sulfone groups is 1. The van der Waals surface area contributed by atoms with Crippen LogP contribution in [0.25, 0.3) is 23.0 Å². The second kappa shape index (κ2) is 10.4. The van der Waals surface area contributed by atoms with Gasteiger partial charge in [-0.2, -0.15) is 10.4 Å². The number of hydrogen-bond donors (Lipinski definition) is 0. The van der Waals surface area contributed by atoms with E-state index in [9.17, 15) is 13.7 Å². The zero-order valence-corrected chi connectivity index (χ0v) is 20.4. The Morgan fingerprint density at radius 2 is 1.74 bits per heavy atom. The zero-order chi connectivity index (χ0) is 24.8. The second-order valence-corrected chi connectivity index (χ2v) is 9.90. The number of aromatic nitrogens is 2. The highest BCUT2D eigenvalue weighted by Gasteiger charge is 2.22. The Balaban J connectivity index is 1.86. The molecule has 0 radical (unpaired) electrons. The van der Waals surface area contributed by atoms with Crippen molar-refractivity contribution in [3.8, 4) is 28.8 Å². The van der Waals surface area contributed by atoms with Crippen LogP contribution in [-0.2, 0) is 9.84 Å². The van der Waals surface area contributed by atoms with Crippen LogP contribution in [0, 0.1) is 18.3 Å². The van der Waals surface area contributed by atoms with Crippen molar-refractivity contribution >= 4 is 15.9 Å². The Hall–Kier alpha value is -4.15. The molecule has 0 bridgehead atoms. The first-order valence-electron chi connectivity index (χ1n) is 11.2. The number of hydrogen-bond acceptors (Lipinski definition) is 5. The van der Waals surface area contributed by atoms with Crippen LogP contribution in [0.2, 0.25) is 0 Å². The van der Waals surface area contributed by atoms with Crippen molar-refractivity contribution in [2.45, 2.75) is 25.2 Å². The fourth-order valence-corrected chi connectivity index (χ4v) is 4.81. The van der Waals surface area contributed by atoms with Gasteiger partial charge in [-0.05, 0) is 67.4 Å². The Kier molecular flexibility index (Phi) is 7.14. The van der Waals surface area contributed by atoms with Gasteiger partial charge in [-0.3, -0.25) is 0 Å². The minimum atomic E-state index is -3.99. The summed E-state index contributed by atoms with van der Waals surface area (Å²) in [5, 5.41) is 14.5. The molecule has 0 N–H and O–H groups in total. The molecule has 7 heteroatoms. The van der Waals surface area contributed by atoms with E-state index in [0.29, 0.717) is 17.9 Å². The fraction of sp³-hybridized carbons (Fsp3) is 0.143. The lowest BCUT2D eigenvalue weighted by Gasteiger charge is -2.09. The fourth-order valence-electron chi connectivity index (χ4n) is 3.64. The van der Waals surface area contributed by atoms with E-state index in [4.69, 9.17) is 9.84 Å². The third-order valence-corrected chi connectivity index (χ3v) is 7.09. The molecule has 0 aliphatic rings. The number of nitriles is 1. The molecule has 0 aliphatic heterocycles. The van der Waals surface area contributed by atoms with Crippen molar-refractivity contribution in [2.24, 2.45) is 0 Å². The van der Waals surface area contributed by atoms with Gasteiger partial charge in [0.2, 0.25) is 9.84 Å². The average molecular weight is 484 g/mol. The lowest BCUT2D eigenvalue weighted by Crippen LogP contribution is -2.03. The van der Waals surface area contributed by atoms with Crippen LogP contribution in [-0.4, -0.2) is 24.8 Å². The molecule has 3 aromatic carbocycles. The SMILES string of the molecule is CCCOc1ccc(-c2nn(-c3ccccc3)cc2/C=C(\C#N)S(=O)(=O)c2ccccc2)cc1C. The van der Waals surface area contributed by atoms with Gasteiger partial charge in [0.15, 0.2) is 0 Å². The molecule has 0 amide bonds. The molecule has 0 fully saturated rings. The van der Waals surface area contributed by atoms with Crippen molar-refractivity contribution in [2.75, 3.05) is 6.61 Å². The van der Waals surface area contributed by atoms with Gasteiger partial charge in [-0.1, -0.05) is 43.3 Å². The summed E-state index contributed by atoms with van der Waals surface area (Å²) in [6.07, 6.45) is 4.03. The first kappa shape index (κ1) is 24.0. The van der Waals surface area contributed by atoms with Crippen molar-refractivity contribution < 1.29 is 13.2 Å². The van der Waals surface area contributed by atoms with E-state index in [-0.39, 0.29) is 9.80 Å². The van der Waals surface area contributed by atoms with E-state index < -0.39 is 9.84 Å². The van der Waals surface area contributed by atoms with E-state index in [1.807, 2.05) is 61.5 Å². The van der Waals surface area contributed by atoms with Crippen LogP contribution in [0.3, 0.4) is 0 Å². The molecule has 4 rings (SSSR count). The molecule has 1 aromatic heterocycles. The van der Waals surface area contributed by atoms with Gasteiger partial charge >= 0.3 is 0 Å². The normalized spacial score (nSPS) is 11.7.